The van der Waals surface area contributed by atoms with E-state index >= 15 is 0 Å². The Labute approximate surface area is 163 Å². The van der Waals surface area contributed by atoms with Crippen molar-refractivity contribution in [2.45, 2.75) is 18.5 Å². The van der Waals surface area contributed by atoms with Crippen molar-refractivity contribution in [3.05, 3.63) is 59.1 Å². The van der Waals surface area contributed by atoms with Gasteiger partial charge in [0.2, 0.25) is 5.91 Å². The van der Waals surface area contributed by atoms with E-state index < -0.39 is 0 Å². The van der Waals surface area contributed by atoms with Gasteiger partial charge in [0.25, 0.3) is 0 Å². The molecule has 0 spiro atoms. The highest BCUT2D eigenvalue weighted by molar-refractivity contribution is 6.34. The second-order valence-electron chi connectivity index (χ2n) is 6.76. The zero-order chi connectivity index (χ0) is 18.6. The van der Waals surface area contributed by atoms with Gasteiger partial charge < -0.3 is 15.0 Å². The summed E-state index contributed by atoms with van der Waals surface area (Å²) >= 11 is 6.45. The molecular formula is C20H23ClN4O2. The molecule has 27 heavy (non-hydrogen) atoms. The molecule has 1 amide bonds. The largest absolute Gasteiger partial charge is 0.378 e. The lowest BCUT2D eigenvalue weighted by Gasteiger charge is -2.31. The van der Waals surface area contributed by atoms with Crippen LogP contribution in [0.5, 0.6) is 0 Å². The number of hydrazine groups is 1. The molecule has 0 bridgehead atoms. The Kier molecular flexibility index (Phi) is 5.59. The van der Waals surface area contributed by atoms with Crippen molar-refractivity contribution in [2.24, 2.45) is 0 Å². The highest BCUT2D eigenvalue weighted by Crippen LogP contribution is 2.35. The Morgan fingerprint density at radius 1 is 1.07 bits per heavy atom. The van der Waals surface area contributed by atoms with Crippen LogP contribution in [-0.2, 0) is 9.53 Å². The fraction of sp³-hybridized carbons (Fsp3) is 0.350. The van der Waals surface area contributed by atoms with Gasteiger partial charge in [0.1, 0.15) is 6.04 Å². The second-order valence-corrected chi connectivity index (χ2v) is 7.17. The molecule has 142 valence electrons. The number of anilines is 2. The molecule has 2 heterocycles. The van der Waals surface area contributed by atoms with Crippen molar-refractivity contribution >= 4 is 28.9 Å². The van der Waals surface area contributed by atoms with Crippen LogP contribution in [0.3, 0.4) is 0 Å². The number of amides is 1. The molecule has 6 nitrogen and oxygen atoms in total. The number of hydrogen-bond acceptors (Lipinski definition) is 5. The third kappa shape index (κ3) is 4.09. The molecule has 2 atom stereocenters. The first-order valence-corrected chi connectivity index (χ1v) is 9.58. The van der Waals surface area contributed by atoms with Crippen molar-refractivity contribution in [1.82, 2.24) is 10.9 Å². The third-order valence-corrected chi connectivity index (χ3v) is 5.30. The van der Waals surface area contributed by atoms with Crippen molar-refractivity contribution in [3.63, 3.8) is 0 Å². The zero-order valence-corrected chi connectivity index (χ0v) is 15.7. The first kappa shape index (κ1) is 18.3. The number of benzene rings is 2. The Bertz CT molecular complexity index is 796. The van der Waals surface area contributed by atoms with Gasteiger partial charge in [0.15, 0.2) is 0 Å². The number of para-hydroxylation sites is 1. The van der Waals surface area contributed by atoms with E-state index in [1.54, 1.807) is 0 Å². The number of carbonyl (C=O) groups excluding carboxylic acids is 1. The normalized spacial score (nSPS) is 22.6. The molecule has 3 N–H and O–H groups in total. The van der Waals surface area contributed by atoms with Gasteiger partial charge in [-0.2, -0.15) is 0 Å². The standard InChI is InChI=1S/C20H23ClN4O2/c21-15-7-4-8-16(19(15)25-9-11-27-12-10-25)22-20(26)18-13-17(23-24-18)14-5-2-1-3-6-14/h1-8,17-18,23-24H,9-13H2,(H,22,26). The van der Waals surface area contributed by atoms with Crippen LogP contribution >= 0.6 is 11.6 Å². The predicted octanol–water partition coefficient (Wildman–Crippen LogP) is 2.72. The molecule has 7 heteroatoms. The van der Waals surface area contributed by atoms with Crippen LogP contribution in [-0.4, -0.2) is 38.3 Å². The van der Waals surface area contributed by atoms with E-state index in [9.17, 15) is 4.79 Å². The summed E-state index contributed by atoms with van der Waals surface area (Å²) in [6.07, 6.45) is 0.684. The molecular weight excluding hydrogens is 364 g/mol. The topological polar surface area (TPSA) is 65.6 Å². The van der Waals surface area contributed by atoms with Crippen LogP contribution in [0.2, 0.25) is 5.02 Å². The van der Waals surface area contributed by atoms with Gasteiger partial charge in [0, 0.05) is 19.1 Å². The maximum absolute atomic E-state index is 12.8. The maximum atomic E-state index is 12.8. The number of rotatable bonds is 4. The fourth-order valence-corrected chi connectivity index (χ4v) is 3.87. The number of morpholine rings is 1. The molecule has 2 aliphatic heterocycles. The average molecular weight is 387 g/mol. The van der Waals surface area contributed by atoms with E-state index in [4.69, 9.17) is 16.3 Å². The van der Waals surface area contributed by atoms with E-state index in [2.05, 4.69) is 33.2 Å². The van der Waals surface area contributed by atoms with E-state index in [0.29, 0.717) is 24.7 Å². The molecule has 2 aromatic carbocycles. The van der Waals surface area contributed by atoms with Crippen LogP contribution in [0.15, 0.2) is 48.5 Å². The van der Waals surface area contributed by atoms with Gasteiger partial charge >= 0.3 is 0 Å². The molecule has 0 saturated carbocycles. The van der Waals surface area contributed by atoms with Crippen LogP contribution in [0.4, 0.5) is 11.4 Å². The van der Waals surface area contributed by atoms with E-state index in [-0.39, 0.29) is 18.0 Å². The van der Waals surface area contributed by atoms with Crippen molar-refractivity contribution < 1.29 is 9.53 Å². The number of nitrogens with zero attached hydrogens (tertiary/aromatic N) is 1. The number of nitrogens with one attached hydrogen (secondary N) is 3. The monoisotopic (exact) mass is 386 g/mol. The summed E-state index contributed by atoms with van der Waals surface area (Å²) in [5, 5.41) is 3.69. The van der Waals surface area contributed by atoms with Gasteiger partial charge in [-0.15, -0.1) is 0 Å². The Morgan fingerprint density at radius 3 is 2.63 bits per heavy atom. The summed E-state index contributed by atoms with van der Waals surface area (Å²) in [4.78, 5) is 15.0. The molecule has 0 aliphatic carbocycles. The predicted molar refractivity (Wildman–Crippen MR) is 107 cm³/mol. The Hall–Kier alpha value is -2.12. The number of carbonyl (C=O) groups is 1. The van der Waals surface area contributed by atoms with Crippen molar-refractivity contribution in [1.29, 1.82) is 0 Å². The SMILES string of the molecule is O=C(Nc1cccc(Cl)c1N1CCOCC1)C1CC(c2ccccc2)NN1. The lowest BCUT2D eigenvalue weighted by molar-refractivity contribution is -0.117. The molecule has 2 fully saturated rings. The number of hydrogen-bond donors (Lipinski definition) is 3. The average Bonchev–Trinajstić information content (AvgIpc) is 3.20. The molecule has 4 rings (SSSR count). The van der Waals surface area contributed by atoms with Crippen molar-refractivity contribution in [3.8, 4) is 0 Å². The first-order valence-electron chi connectivity index (χ1n) is 9.20. The van der Waals surface area contributed by atoms with E-state index in [1.165, 1.54) is 0 Å². The lowest BCUT2D eigenvalue weighted by atomic mass is 10.0. The van der Waals surface area contributed by atoms with Crippen LogP contribution in [0, 0.1) is 0 Å². The Morgan fingerprint density at radius 2 is 1.85 bits per heavy atom. The van der Waals surface area contributed by atoms with Crippen LogP contribution < -0.4 is 21.1 Å². The summed E-state index contributed by atoms with van der Waals surface area (Å²) in [7, 11) is 0. The highest BCUT2D eigenvalue weighted by atomic mass is 35.5. The smallest absolute Gasteiger partial charge is 0.242 e. The van der Waals surface area contributed by atoms with Crippen molar-refractivity contribution in [2.75, 3.05) is 36.5 Å². The molecule has 0 radical (unpaired) electrons. The molecule has 2 saturated heterocycles. The number of halogens is 1. The fourth-order valence-electron chi connectivity index (χ4n) is 3.58. The summed E-state index contributed by atoms with van der Waals surface area (Å²) in [5.41, 5.74) is 9.09. The summed E-state index contributed by atoms with van der Waals surface area (Å²) in [6, 6.07) is 15.5. The van der Waals surface area contributed by atoms with Crippen LogP contribution in [0.1, 0.15) is 18.0 Å². The molecule has 2 unspecified atom stereocenters. The van der Waals surface area contributed by atoms with Crippen LogP contribution in [0.25, 0.3) is 0 Å². The summed E-state index contributed by atoms with van der Waals surface area (Å²) < 4.78 is 5.43. The van der Waals surface area contributed by atoms with Gasteiger partial charge in [-0.1, -0.05) is 48.0 Å². The molecule has 0 aromatic heterocycles. The lowest BCUT2D eigenvalue weighted by Crippen LogP contribution is -2.40. The first-order chi connectivity index (χ1) is 13.2. The summed E-state index contributed by atoms with van der Waals surface area (Å²) in [6.45, 7) is 2.83. The van der Waals surface area contributed by atoms with E-state index in [1.807, 2.05) is 36.4 Å². The number of ether oxygens (including phenoxy) is 1. The van der Waals surface area contributed by atoms with Gasteiger partial charge in [0.05, 0.1) is 29.6 Å². The summed E-state index contributed by atoms with van der Waals surface area (Å²) in [5.74, 6) is -0.0716. The zero-order valence-electron chi connectivity index (χ0n) is 15.0. The minimum Gasteiger partial charge on any atom is -0.378 e. The van der Waals surface area contributed by atoms with Gasteiger partial charge in [-0.25, -0.2) is 10.9 Å². The quantitative estimate of drug-likeness (QED) is 0.754. The van der Waals surface area contributed by atoms with Gasteiger partial charge in [-0.05, 0) is 24.1 Å². The minimum absolute atomic E-state index is 0.0716. The molecule has 2 aromatic rings. The Balaban J connectivity index is 1.46. The van der Waals surface area contributed by atoms with E-state index in [0.717, 1.165) is 30.0 Å². The minimum atomic E-state index is -0.313. The maximum Gasteiger partial charge on any atom is 0.242 e. The molecule has 2 aliphatic rings. The third-order valence-electron chi connectivity index (χ3n) is 4.99. The van der Waals surface area contributed by atoms with Gasteiger partial charge in [-0.3, -0.25) is 4.79 Å². The second kappa shape index (κ2) is 8.27. The highest BCUT2D eigenvalue weighted by Gasteiger charge is 2.31.